The molecule has 0 bridgehead atoms. The second kappa shape index (κ2) is 5.45. The zero-order valence-electron chi connectivity index (χ0n) is 8.05. The summed E-state index contributed by atoms with van der Waals surface area (Å²) >= 11 is 0. The van der Waals surface area contributed by atoms with E-state index in [1.54, 1.807) is 0 Å². The van der Waals surface area contributed by atoms with Crippen molar-refractivity contribution in [2.45, 2.75) is 12.8 Å². The summed E-state index contributed by atoms with van der Waals surface area (Å²) in [5, 5.41) is 0. The van der Waals surface area contributed by atoms with Crippen molar-refractivity contribution in [3.63, 3.8) is 0 Å². The number of hydrogen-bond donors (Lipinski definition) is 1. The molecule has 0 fully saturated rings. The minimum Gasteiger partial charge on any atom is -0.454 e. The predicted octanol–water partition coefficient (Wildman–Crippen LogP) is 2.59. The van der Waals surface area contributed by atoms with Gasteiger partial charge in [0, 0.05) is 0 Å². The molecule has 1 rings (SSSR count). The molecule has 0 saturated carbocycles. The fraction of sp³-hybridized carbons (Fsp3) is 0.222. The Labute approximate surface area is 88.6 Å². The van der Waals surface area contributed by atoms with Crippen molar-refractivity contribution in [3.8, 4) is 0 Å². The number of carbonyl (C=O) groups is 1. The highest BCUT2D eigenvalue weighted by Gasteiger charge is 2.40. The molecule has 0 heterocycles. The summed E-state index contributed by atoms with van der Waals surface area (Å²) < 4.78 is 51.4. The van der Waals surface area contributed by atoms with E-state index < -0.39 is 24.6 Å². The molecule has 3 nitrogen and oxygen atoms in total. The van der Waals surface area contributed by atoms with E-state index in [0.717, 1.165) is 12.1 Å². The predicted molar refractivity (Wildman–Crippen MR) is 47.3 cm³/mol. The first kappa shape index (κ1) is 14.4. The highest BCUT2D eigenvalue weighted by atomic mass is 19.4. The third-order valence-electron chi connectivity index (χ3n) is 1.51. The average Bonchev–Trinajstić information content (AvgIpc) is 2.15. The van der Waals surface area contributed by atoms with Gasteiger partial charge in [0.1, 0.15) is 12.4 Å². The molecule has 0 amide bonds. The van der Waals surface area contributed by atoms with Gasteiger partial charge in [0.2, 0.25) is 0 Å². The van der Waals surface area contributed by atoms with E-state index in [-0.39, 0.29) is 11.7 Å². The lowest BCUT2D eigenvalue weighted by Crippen LogP contribution is -2.25. The number of benzene rings is 1. The van der Waals surface area contributed by atoms with E-state index in [1.165, 1.54) is 12.1 Å². The number of carbonyl (C=O) groups excluding carboxylic acids is 1. The van der Waals surface area contributed by atoms with Crippen LogP contribution < -0.4 is 6.15 Å². The van der Waals surface area contributed by atoms with Crippen LogP contribution in [0.5, 0.6) is 0 Å². The van der Waals surface area contributed by atoms with Crippen molar-refractivity contribution < 1.29 is 27.1 Å². The minimum absolute atomic E-state index is 0. The van der Waals surface area contributed by atoms with Gasteiger partial charge in [-0.3, -0.25) is 0 Å². The molecule has 0 spiro atoms. The second-order valence-corrected chi connectivity index (χ2v) is 2.70. The Morgan fingerprint density at radius 3 is 2.12 bits per heavy atom. The van der Waals surface area contributed by atoms with Gasteiger partial charge < -0.3 is 10.9 Å². The summed E-state index contributed by atoms with van der Waals surface area (Å²) in [5.41, 5.74) is 0.286. The summed E-state index contributed by atoms with van der Waals surface area (Å²) in [6, 6.07) is 4.60. The van der Waals surface area contributed by atoms with E-state index in [1.807, 2.05) is 0 Å². The smallest absolute Gasteiger partial charge is 0.454 e. The van der Waals surface area contributed by atoms with Crippen LogP contribution in [0.2, 0.25) is 0 Å². The largest absolute Gasteiger partial charge is 0.490 e. The standard InChI is InChI=1S/C9H6F4O2.H3N/c10-7-3-1-6(2-4-7)5-15-8(14)9(11,12)13;/h1-4H,5H2;1H3. The normalized spacial score (nSPS) is 10.5. The fourth-order valence-electron chi connectivity index (χ4n) is 0.811. The number of alkyl halides is 3. The van der Waals surface area contributed by atoms with Gasteiger partial charge in [0.25, 0.3) is 0 Å². The van der Waals surface area contributed by atoms with Crippen molar-refractivity contribution in [1.29, 1.82) is 0 Å². The maximum atomic E-state index is 12.4. The van der Waals surface area contributed by atoms with Crippen molar-refractivity contribution in [1.82, 2.24) is 6.15 Å². The van der Waals surface area contributed by atoms with Crippen LogP contribution in [-0.4, -0.2) is 12.1 Å². The third kappa shape index (κ3) is 4.26. The van der Waals surface area contributed by atoms with E-state index in [9.17, 15) is 22.4 Å². The number of esters is 1. The van der Waals surface area contributed by atoms with E-state index in [2.05, 4.69) is 4.74 Å². The first-order valence-electron chi connectivity index (χ1n) is 3.88. The molecule has 0 saturated heterocycles. The molecule has 16 heavy (non-hydrogen) atoms. The Balaban J connectivity index is 0.00000225. The molecule has 0 atom stereocenters. The summed E-state index contributed by atoms with van der Waals surface area (Å²) in [7, 11) is 0. The summed E-state index contributed by atoms with van der Waals surface area (Å²) in [6.45, 7) is -0.529. The summed E-state index contributed by atoms with van der Waals surface area (Å²) in [4.78, 5) is 10.3. The fourth-order valence-corrected chi connectivity index (χ4v) is 0.811. The van der Waals surface area contributed by atoms with Crippen LogP contribution in [0.25, 0.3) is 0 Å². The molecule has 90 valence electrons. The lowest BCUT2D eigenvalue weighted by Gasteiger charge is -2.06. The van der Waals surface area contributed by atoms with Gasteiger partial charge in [-0.2, -0.15) is 13.2 Å². The van der Waals surface area contributed by atoms with Crippen molar-refractivity contribution >= 4 is 5.97 Å². The number of hydrogen-bond acceptors (Lipinski definition) is 3. The van der Waals surface area contributed by atoms with Gasteiger partial charge in [-0.05, 0) is 17.7 Å². The zero-order valence-corrected chi connectivity index (χ0v) is 8.05. The molecular weight excluding hydrogens is 230 g/mol. The van der Waals surface area contributed by atoms with Crippen LogP contribution in [0.1, 0.15) is 5.56 Å². The lowest BCUT2D eigenvalue weighted by atomic mass is 10.2. The molecule has 0 aliphatic rings. The molecule has 1 aromatic carbocycles. The molecule has 7 heteroatoms. The quantitative estimate of drug-likeness (QED) is 0.637. The maximum Gasteiger partial charge on any atom is 0.490 e. The Morgan fingerprint density at radius 1 is 1.19 bits per heavy atom. The Morgan fingerprint density at radius 2 is 1.69 bits per heavy atom. The average molecular weight is 239 g/mol. The van der Waals surface area contributed by atoms with Gasteiger partial charge in [0.15, 0.2) is 0 Å². The summed E-state index contributed by atoms with van der Waals surface area (Å²) in [6.07, 6.45) is -5.00. The van der Waals surface area contributed by atoms with Crippen LogP contribution in [0, 0.1) is 5.82 Å². The third-order valence-corrected chi connectivity index (χ3v) is 1.51. The van der Waals surface area contributed by atoms with Crippen molar-refractivity contribution in [3.05, 3.63) is 35.6 Å². The molecule has 0 aliphatic carbocycles. The van der Waals surface area contributed by atoms with Crippen LogP contribution in [-0.2, 0) is 16.1 Å². The van der Waals surface area contributed by atoms with Gasteiger partial charge in [-0.15, -0.1) is 0 Å². The highest BCUT2D eigenvalue weighted by molar-refractivity contribution is 5.75. The molecule has 3 N–H and O–H groups in total. The van der Waals surface area contributed by atoms with Crippen molar-refractivity contribution in [2.75, 3.05) is 0 Å². The molecule has 0 radical (unpaired) electrons. The Kier molecular flexibility index (Phi) is 4.90. The monoisotopic (exact) mass is 239 g/mol. The van der Waals surface area contributed by atoms with Gasteiger partial charge in [-0.25, -0.2) is 9.18 Å². The van der Waals surface area contributed by atoms with E-state index in [0.29, 0.717) is 0 Å². The van der Waals surface area contributed by atoms with Gasteiger partial charge in [-0.1, -0.05) is 12.1 Å². The lowest BCUT2D eigenvalue weighted by molar-refractivity contribution is -0.201. The number of halogens is 4. The van der Waals surface area contributed by atoms with Crippen molar-refractivity contribution in [2.24, 2.45) is 0 Å². The maximum absolute atomic E-state index is 12.4. The highest BCUT2D eigenvalue weighted by Crippen LogP contribution is 2.17. The van der Waals surface area contributed by atoms with Crippen LogP contribution in [0.4, 0.5) is 17.6 Å². The van der Waals surface area contributed by atoms with E-state index in [4.69, 9.17) is 0 Å². The minimum atomic E-state index is -5.00. The van der Waals surface area contributed by atoms with Gasteiger partial charge >= 0.3 is 12.1 Å². The zero-order chi connectivity index (χ0) is 11.5. The molecule has 1 aromatic rings. The molecule has 0 unspecified atom stereocenters. The topological polar surface area (TPSA) is 61.3 Å². The van der Waals surface area contributed by atoms with Gasteiger partial charge in [0.05, 0.1) is 0 Å². The summed E-state index contributed by atoms with van der Waals surface area (Å²) in [5.74, 6) is -2.77. The number of ether oxygens (including phenoxy) is 1. The molecule has 0 aliphatic heterocycles. The first-order chi connectivity index (χ1) is 6.89. The Hall–Kier alpha value is -1.63. The van der Waals surface area contributed by atoms with Crippen LogP contribution in [0.15, 0.2) is 24.3 Å². The SMILES string of the molecule is N.O=C(OCc1ccc(F)cc1)C(F)(F)F. The molecular formula is C9H9F4NO2. The first-order valence-corrected chi connectivity index (χ1v) is 3.88. The van der Waals surface area contributed by atoms with E-state index >= 15 is 0 Å². The van der Waals surface area contributed by atoms with Crippen LogP contribution in [0.3, 0.4) is 0 Å². The molecule has 0 aromatic heterocycles. The number of rotatable bonds is 2. The Bertz CT molecular complexity index is 348. The van der Waals surface area contributed by atoms with Crippen LogP contribution >= 0.6 is 0 Å². The second-order valence-electron chi connectivity index (χ2n) is 2.70.